The Morgan fingerprint density at radius 2 is 1.67 bits per heavy atom. The first-order valence-electron chi connectivity index (χ1n) is 11.1. The van der Waals surface area contributed by atoms with Gasteiger partial charge in [0.05, 0.1) is 23.8 Å². The van der Waals surface area contributed by atoms with Crippen molar-refractivity contribution >= 4 is 40.5 Å². The van der Waals surface area contributed by atoms with Crippen molar-refractivity contribution in [2.45, 2.75) is 6.42 Å². The molecule has 3 heterocycles. The molecule has 2 saturated heterocycles. The van der Waals surface area contributed by atoms with Crippen LogP contribution in [0, 0.1) is 0 Å². The summed E-state index contributed by atoms with van der Waals surface area (Å²) >= 11 is 1.39. The van der Waals surface area contributed by atoms with Gasteiger partial charge in [0.15, 0.2) is 11.1 Å². The smallest absolute Gasteiger partial charge is 0.266 e. The van der Waals surface area contributed by atoms with Gasteiger partial charge in [-0.25, -0.2) is 4.99 Å². The van der Waals surface area contributed by atoms with Crippen molar-refractivity contribution in [2.24, 2.45) is 4.99 Å². The minimum absolute atomic E-state index is 0.0464. The van der Waals surface area contributed by atoms with Crippen molar-refractivity contribution in [1.82, 2.24) is 4.90 Å². The van der Waals surface area contributed by atoms with E-state index in [1.807, 2.05) is 66.7 Å². The Bertz CT molecular complexity index is 1150. The molecule has 3 aromatic rings. The predicted molar refractivity (Wildman–Crippen MR) is 133 cm³/mol. The molecule has 0 atom stereocenters. The van der Waals surface area contributed by atoms with Crippen molar-refractivity contribution in [1.29, 1.82) is 0 Å². The highest BCUT2D eigenvalue weighted by Gasteiger charge is 2.33. The number of furan rings is 1. The van der Waals surface area contributed by atoms with Crippen LogP contribution in [0.5, 0.6) is 0 Å². The van der Waals surface area contributed by atoms with Crippen LogP contribution in [0.25, 0.3) is 6.08 Å². The zero-order chi connectivity index (χ0) is 22.5. The van der Waals surface area contributed by atoms with Crippen molar-refractivity contribution in [3.8, 4) is 0 Å². The van der Waals surface area contributed by atoms with Gasteiger partial charge in [-0.3, -0.25) is 9.69 Å². The van der Waals surface area contributed by atoms with Crippen LogP contribution in [0.2, 0.25) is 0 Å². The second-order valence-corrected chi connectivity index (χ2v) is 8.82. The quantitative estimate of drug-likeness (QED) is 0.488. The van der Waals surface area contributed by atoms with Crippen LogP contribution < -0.4 is 4.90 Å². The number of carbonyl (C=O) groups excluding carboxylic acids is 1. The highest BCUT2D eigenvalue weighted by atomic mass is 32.2. The molecule has 7 heteroatoms. The van der Waals surface area contributed by atoms with Crippen LogP contribution in [0.4, 0.5) is 11.6 Å². The lowest BCUT2D eigenvalue weighted by Gasteiger charge is -2.26. The molecule has 6 nitrogen and oxygen atoms in total. The van der Waals surface area contributed by atoms with Gasteiger partial charge in [-0.05, 0) is 41.9 Å². The van der Waals surface area contributed by atoms with Crippen molar-refractivity contribution in [2.75, 3.05) is 37.7 Å². The van der Waals surface area contributed by atoms with Gasteiger partial charge >= 0.3 is 0 Å². The first-order chi connectivity index (χ1) is 16.3. The highest BCUT2D eigenvalue weighted by molar-refractivity contribution is 8.18. The molecule has 2 aliphatic rings. The van der Waals surface area contributed by atoms with Gasteiger partial charge < -0.3 is 14.1 Å². The molecule has 0 bridgehead atoms. The van der Waals surface area contributed by atoms with E-state index in [1.165, 1.54) is 17.3 Å². The lowest BCUT2D eigenvalue weighted by molar-refractivity contribution is -0.122. The maximum absolute atomic E-state index is 13.3. The first-order valence-corrected chi connectivity index (χ1v) is 11.9. The van der Waals surface area contributed by atoms with Crippen LogP contribution in [-0.4, -0.2) is 48.8 Å². The number of anilines is 1. The summed E-state index contributed by atoms with van der Waals surface area (Å²) in [5, 5.41) is 0.688. The third kappa shape index (κ3) is 5.21. The minimum atomic E-state index is -0.0464. The molecule has 0 N–H and O–H groups in total. The number of para-hydroxylation sites is 1. The first kappa shape index (κ1) is 21.6. The van der Waals surface area contributed by atoms with Gasteiger partial charge in [-0.1, -0.05) is 48.5 Å². The Balaban J connectivity index is 1.38. The van der Waals surface area contributed by atoms with E-state index >= 15 is 0 Å². The zero-order valence-electron chi connectivity index (χ0n) is 18.2. The summed E-state index contributed by atoms with van der Waals surface area (Å²) in [5.41, 5.74) is 2.01. The molecule has 0 radical (unpaired) electrons. The number of hydrogen-bond donors (Lipinski definition) is 0. The van der Waals surface area contributed by atoms with Crippen LogP contribution in [0.15, 0.2) is 87.1 Å². The Hall–Kier alpha value is -3.29. The number of amidine groups is 1. The zero-order valence-corrected chi connectivity index (χ0v) is 19.0. The summed E-state index contributed by atoms with van der Waals surface area (Å²) in [6.07, 6.45) is 2.58. The van der Waals surface area contributed by atoms with E-state index in [4.69, 9.17) is 14.1 Å². The fourth-order valence-electron chi connectivity index (χ4n) is 3.79. The lowest BCUT2D eigenvalue weighted by atomic mass is 10.1. The Labute approximate surface area is 197 Å². The molecule has 2 aromatic carbocycles. The Morgan fingerprint density at radius 3 is 2.42 bits per heavy atom. The van der Waals surface area contributed by atoms with E-state index in [-0.39, 0.29) is 5.91 Å². The van der Waals surface area contributed by atoms with Crippen LogP contribution >= 0.6 is 11.8 Å². The molecule has 2 aliphatic heterocycles. The van der Waals surface area contributed by atoms with E-state index in [9.17, 15) is 4.79 Å². The van der Waals surface area contributed by atoms with E-state index in [2.05, 4.69) is 17.0 Å². The fourth-order valence-corrected chi connectivity index (χ4v) is 4.79. The normalized spacial score (nSPS) is 19.1. The van der Waals surface area contributed by atoms with E-state index in [0.29, 0.717) is 35.6 Å². The number of rotatable bonds is 6. The second-order valence-electron chi connectivity index (χ2n) is 7.81. The average molecular weight is 460 g/mol. The second kappa shape index (κ2) is 10.1. The average Bonchev–Trinajstić information content (AvgIpc) is 3.44. The number of thioether (sulfide) groups is 1. The number of carbonyl (C=O) groups is 1. The van der Waals surface area contributed by atoms with Crippen LogP contribution in [0.3, 0.4) is 0 Å². The van der Waals surface area contributed by atoms with E-state index in [1.54, 1.807) is 4.90 Å². The summed E-state index contributed by atoms with van der Waals surface area (Å²) in [5.74, 6) is 1.42. The van der Waals surface area contributed by atoms with Crippen molar-refractivity contribution < 1.29 is 13.9 Å². The molecular formula is C26H25N3O3S. The molecule has 2 fully saturated rings. The number of ether oxygens (including phenoxy) is 1. The molecule has 168 valence electrons. The molecule has 1 aromatic heterocycles. The number of benzene rings is 2. The van der Waals surface area contributed by atoms with Gasteiger partial charge in [-0.2, -0.15) is 0 Å². The Morgan fingerprint density at radius 1 is 0.939 bits per heavy atom. The van der Waals surface area contributed by atoms with Gasteiger partial charge in [0.25, 0.3) is 5.91 Å². The van der Waals surface area contributed by atoms with Crippen molar-refractivity contribution in [3.63, 3.8) is 0 Å². The predicted octanol–water partition coefficient (Wildman–Crippen LogP) is 4.96. The lowest BCUT2D eigenvalue weighted by Crippen LogP contribution is -2.35. The minimum Gasteiger partial charge on any atom is -0.441 e. The van der Waals surface area contributed by atoms with E-state index < -0.39 is 0 Å². The monoisotopic (exact) mass is 459 g/mol. The molecule has 0 saturated carbocycles. The number of amides is 1. The van der Waals surface area contributed by atoms with Crippen molar-refractivity contribution in [3.05, 3.63) is 89.0 Å². The standard InChI is InChI=1S/C26H25N3O3S/c30-25-23(19-22-11-12-24(32-22)28-15-17-31-18-16-28)33-26(27-21-9-5-2-6-10-21)29(25)14-13-20-7-3-1-4-8-20/h1-12,19H,13-18H2. The Kier molecular flexibility index (Phi) is 6.60. The summed E-state index contributed by atoms with van der Waals surface area (Å²) < 4.78 is 11.4. The van der Waals surface area contributed by atoms with Gasteiger partial charge in [0.1, 0.15) is 5.76 Å². The maximum atomic E-state index is 13.3. The number of nitrogens with zero attached hydrogens (tertiary/aromatic N) is 3. The third-order valence-corrected chi connectivity index (χ3v) is 6.55. The number of morpholine rings is 1. The summed E-state index contributed by atoms with van der Waals surface area (Å²) in [6.45, 7) is 3.56. The number of aliphatic imine (C=N–C) groups is 1. The molecule has 5 rings (SSSR count). The molecule has 1 amide bonds. The van der Waals surface area contributed by atoms with Crippen LogP contribution in [0.1, 0.15) is 11.3 Å². The van der Waals surface area contributed by atoms with Gasteiger partial charge in [0, 0.05) is 31.8 Å². The molecular weight excluding hydrogens is 434 g/mol. The van der Waals surface area contributed by atoms with Gasteiger partial charge in [-0.15, -0.1) is 0 Å². The summed E-state index contributed by atoms with van der Waals surface area (Å²) in [7, 11) is 0. The largest absolute Gasteiger partial charge is 0.441 e. The highest BCUT2D eigenvalue weighted by Crippen LogP contribution is 2.35. The molecule has 0 aliphatic carbocycles. The van der Waals surface area contributed by atoms with Gasteiger partial charge in [0.2, 0.25) is 0 Å². The fraction of sp³-hybridized carbons (Fsp3) is 0.231. The number of hydrogen-bond acceptors (Lipinski definition) is 6. The maximum Gasteiger partial charge on any atom is 0.266 e. The molecule has 0 spiro atoms. The van der Waals surface area contributed by atoms with Crippen LogP contribution in [-0.2, 0) is 16.0 Å². The molecule has 33 heavy (non-hydrogen) atoms. The third-order valence-electron chi connectivity index (χ3n) is 5.54. The van der Waals surface area contributed by atoms with E-state index in [0.717, 1.165) is 31.1 Å². The SMILES string of the molecule is O=C1C(=Cc2ccc(N3CCOCC3)o2)SC(=Nc2ccccc2)N1CCc1ccccc1. The molecule has 0 unspecified atom stereocenters. The topological polar surface area (TPSA) is 58.3 Å². The summed E-state index contributed by atoms with van der Waals surface area (Å²) in [4.78, 5) is 22.6. The summed E-state index contributed by atoms with van der Waals surface area (Å²) in [6, 6.07) is 23.8.